The SMILES string of the molecule is COc1nn(C)c(C)c1C1CCCCN1. The third kappa shape index (κ3) is 1.86. The number of piperidine rings is 1. The zero-order chi connectivity index (χ0) is 10.8. The molecule has 1 aromatic rings. The van der Waals surface area contributed by atoms with Crippen LogP contribution in [0.15, 0.2) is 0 Å². The molecule has 1 unspecified atom stereocenters. The number of aryl methyl sites for hydroxylation is 1. The number of rotatable bonds is 2. The Morgan fingerprint density at radius 2 is 2.27 bits per heavy atom. The predicted molar refractivity (Wildman–Crippen MR) is 59.1 cm³/mol. The van der Waals surface area contributed by atoms with Gasteiger partial charge in [-0.1, -0.05) is 6.42 Å². The molecule has 0 spiro atoms. The summed E-state index contributed by atoms with van der Waals surface area (Å²) in [6, 6.07) is 0.419. The Morgan fingerprint density at radius 3 is 2.87 bits per heavy atom. The topological polar surface area (TPSA) is 39.1 Å². The maximum absolute atomic E-state index is 5.33. The first-order valence-electron chi connectivity index (χ1n) is 5.55. The van der Waals surface area contributed by atoms with Crippen molar-refractivity contribution in [3.05, 3.63) is 11.3 Å². The van der Waals surface area contributed by atoms with E-state index in [4.69, 9.17) is 4.74 Å². The van der Waals surface area contributed by atoms with Gasteiger partial charge in [-0.25, -0.2) is 0 Å². The summed E-state index contributed by atoms with van der Waals surface area (Å²) in [4.78, 5) is 0. The first kappa shape index (κ1) is 10.5. The highest BCUT2D eigenvalue weighted by atomic mass is 16.5. The fraction of sp³-hybridized carbons (Fsp3) is 0.727. The van der Waals surface area contributed by atoms with Crippen molar-refractivity contribution in [2.24, 2.45) is 7.05 Å². The molecule has 2 heterocycles. The molecule has 0 bridgehead atoms. The zero-order valence-corrected chi connectivity index (χ0v) is 9.71. The van der Waals surface area contributed by atoms with Gasteiger partial charge in [0.1, 0.15) is 0 Å². The smallest absolute Gasteiger partial charge is 0.237 e. The molecule has 4 nitrogen and oxygen atoms in total. The molecule has 0 aromatic carbocycles. The Kier molecular flexibility index (Phi) is 2.95. The van der Waals surface area contributed by atoms with Crippen molar-refractivity contribution in [1.29, 1.82) is 0 Å². The van der Waals surface area contributed by atoms with Crippen molar-refractivity contribution in [1.82, 2.24) is 15.1 Å². The summed E-state index contributed by atoms with van der Waals surface area (Å²) in [5, 5.41) is 7.89. The third-order valence-electron chi connectivity index (χ3n) is 3.20. The van der Waals surface area contributed by atoms with E-state index in [2.05, 4.69) is 17.3 Å². The Morgan fingerprint density at radius 1 is 1.47 bits per heavy atom. The van der Waals surface area contributed by atoms with Gasteiger partial charge in [0.25, 0.3) is 0 Å². The summed E-state index contributed by atoms with van der Waals surface area (Å²) in [6.07, 6.45) is 3.75. The highest BCUT2D eigenvalue weighted by Gasteiger charge is 2.24. The molecule has 0 aliphatic carbocycles. The number of hydrogen-bond donors (Lipinski definition) is 1. The third-order valence-corrected chi connectivity index (χ3v) is 3.20. The molecule has 1 aliphatic rings. The van der Waals surface area contributed by atoms with Gasteiger partial charge >= 0.3 is 0 Å². The molecule has 0 radical (unpaired) electrons. The van der Waals surface area contributed by atoms with Crippen LogP contribution in [0.5, 0.6) is 5.88 Å². The Hall–Kier alpha value is -1.03. The summed E-state index contributed by atoms with van der Waals surface area (Å²) in [5.41, 5.74) is 2.44. The minimum absolute atomic E-state index is 0.419. The minimum atomic E-state index is 0.419. The predicted octanol–water partition coefficient (Wildman–Crippen LogP) is 1.55. The molecule has 1 aromatic heterocycles. The van der Waals surface area contributed by atoms with Gasteiger partial charge in [-0.3, -0.25) is 4.68 Å². The lowest BCUT2D eigenvalue weighted by molar-refractivity contribution is 0.363. The van der Waals surface area contributed by atoms with E-state index in [1.165, 1.54) is 30.5 Å². The Bertz CT molecular complexity index is 340. The fourth-order valence-electron chi connectivity index (χ4n) is 2.24. The molecule has 2 rings (SSSR count). The average molecular weight is 209 g/mol. The first-order valence-corrected chi connectivity index (χ1v) is 5.55. The lowest BCUT2D eigenvalue weighted by atomic mass is 9.98. The van der Waals surface area contributed by atoms with Crippen molar-refractivity contribution in [2.45, 2.75) is 32.2 Å². The van der Waals surface area contributed by atoms with Gasteiger partial charge in [-0.05, 0) is 26.3 Å². The van der Waals surface area contributed by atoms with Crippen LogP contribution in [0.4, 0.5) is 0 Å². The molecule has 1 aliphatic heterocycles. The van der Waals surface area contributed by atoms with E-state index in [0.717, 1.165) is 12.4 Å². The monoisotopic (exact) mass is 209 g/mol. The molecule has 15 heavy (non-hydrogen) atoms. The van der Waals surface area contributed by atoms with Gasteiger partial charge in [0.05, 0.1) is 12.7 Å². The van der Waals surface area contributed by atoms with Gasteiger partial charge in [0.2, 0.25) is 5.88 Å². The molecule has 4 heteroatoms. The van der Waals surface area contributed by atoms with Crippen LogP contribution in [0.1, 0.15) is 36.6 Å². The molecule has 84 valence electrons. The lowest BCUT2D eigenvalue weighted by Crippen LogP contribution is -2.27. The summed E-state index contributed by atoms with van der Waals surface area (Å²) < 4.78 is 7.22. The largest absolute Gasteiger partial charge is 0.480 e. The van der Waals surface area contributed by atoms with Crippen LogP contribution in [0.3, 0.4) is 0 Å². The van der Waals surface area contributed by atoms with E-state index in [1.54, 1.807) is 7.11 Å². The number of methoxy groups -OCH3 is 1. The number of hydrogen-bond acceptors (Lipinski definition) is 3. The van der Waals surface area contributed by atoms with Crippen molar-refractivity contribution in [3.8, 4) is 5.88 Å². The minimum Gasteiger partial charge on any atom is -0.480 e. The summed E-state index contributed by atoms with van der Waals surface area (Å²) >= 11 is 0. The maximum Gasteiger partial charge on any atom is 0.237 e. The Labute approximate surface area is 90.6 Å². The van der Waals surface area contributed by atoms with Crippen molar-refractivity contribution < 1.29 is 4.74 Å². The summed E-state index contributed by atoms with van der Waals surface area (Å²) in [5.74, 6) is 0.773. The van der Waals surface area contributed by atoms with Crippen LogP contribution >= 0.6 is 0 Å². The number of nitrogens with zero attached hydrogens (tertiary/aromatic N) is 2. The quantitative estimate of drug-likeness (QED) is 0.803. The summed E-state index contributed by atoms with van der Waals surface area (Å²) in [6.45, 7) is 3.20. The second-order valence-corrected chi connectivity index (χ2v) is 4.13. The van der Waals surface area contributed by atoms with Crippen molar-refractivity contribution >= 4 is 0 Å². The summed E-state index contributed by atoms with van der Waals surface area (Å²) in [7, 11) is 3.65. The standard InChI is InChI=1S/C11H19N3O/c1-8-10(9-6-4-5-7-12-9)11(15-3)13-14(8)2/h9,12H,4-7H2,1-3H3. The van der Waals surface area contributed by atoms with E-state index < -0.39 is 0 Å². The van der Waals surface area contributed by atoms with Crippen molar-refractivity contribution in [3.63, 3.8) is 0 Å². The average Bonchev–Trinajstić information content (AvgIpc) is 2.56. The maximum atomic E-state index is 5.33. The fourth-order valence-corrected chi connectivity index (χ4v) is 2.24. The second-order valence-electron chi connectivity index (χ2n) is 4.13. The zero-order valence-electron chi connectivity index (χ0n) is 9.71. The molecule has 0 amide bonds. The van der Waals surface area contributed by atoms with E-state index in [9.17, 15) is 0 Å². The number of aromatic nitrogens is 2. The van der Waals surface area contributed by atoms with Crippen molar-refractivity contribution in [2.75, 3.05) is 13.7 Å². The van der Waals surface area contributed by atoms with E-state index in [-0.39, 0.29) is 0 Å². The lowest BCUT2D eigenvalue weighted by Gasteiger charge is -2.23. The normalized spacial score (nSPS) is 21.7. The highest BCUT2D eigenvalue weighted by molar-refractivity contribution is 5.34. The van der Waals surface area contributed by atoms with Crippen LogP contribution in [-0.2, 0) is 7.05 Å². The van der Waals surface area contributed by atoms with Crippen LogP contribution in [-0.4, -0.2) is 23.4 Å². The molecular weight excluding hydrogens is 190 g/mol. The Balaban J connectivity index is 2.31. The van der Waals surface area contributed by atoms with E-state index >= 15 is 0 Å². The van der Waals surface area contributed by atoms with E-state index in [1.807, 2.05) is 11.7 Å². The van der Waals surface area contributed by atoms with Crippen LogP contribution in [0.25, 0.3) is 0 Å². The molecule has 1 fully saturated rings. The molecule has 1 atom stereocenters. The first-order chi connectivity index (χ1) is 7.24. The van der Waals surface area contributed by atoms with Gasteiger partial charge in [-0.2, -0.15) is 0 Å². The van der Waals surface area contributed by atoms with Crippen LogP contribution < -0.4 is 10.1 Å². The molecular formula is C11H19N3O. The highest BCUT2D eigenvalue weighted by Crippen LogP contribution is 2.32. The molecule has 0 saturated carbocycles. The molecule has 1 N–H and O–H groups in total. The van der Waals surface area contributed by atoms with Crippen LogP contribution in [0, 0.1) is 6.92 Å². The van der Waals surface area contributed by atoms with Crippen LogP contribution in [0.2, 0.25) is 0 Å². The number of nitrogens with one attached hydrogen (secondary N) is 1. The van der Waals surface area contributed by atoms with E-state index in [0.29, 0.717) is 6.04 Å². The van der Waals surface area contributed by atoms with Gasteiger partial charge in [0, 0.05) is 18.8 Å². The van der Waals surface area contributed by atoms with Gasteiger partial charge < -0.3 is 10.1 Å². The second kappa shape index (κ2) is 4.23. The van der Waals surface area contributed by atoms with Gasteiger partial charge in [-0.15, -0.1) is 5.10 Å². The molecule has 1 saturated heterocycles. The number of ether oxygens (including phenoxy) is 1. The van der Waals surface area contributed by atoms with Gasteiger partial charge in [0.15, 0.2) is 0 Å².